The smallest absolute Gasteiger partial charge is 0.243 e. The largest absolute Gasteiger partial charge is 0.361 e. The number of hydrogen-bond donors (Lipinski definition) is 2. The van der Waals surface area contributed by atoms with Crippen LogP contribution in [0.4, 0.5) is 5.69 Å². The first-order chi connectivity index (χ1) is 14.0. The van der Waals surface area contributed by atoms with Crippen molar-refractivity contribution in [1.82, 2.24) is 9.29 Å². The lowest BCUT2D eigenvalue weighted by atomic mass is 10.1. The molecule has 0 aliphatic carbocycles. The monoisotopic (exact) mass is 411 g/mol. The molecule has 1 aromatic heterocycles. The third-order valence-electron chi connectivity index (χ3n) is 5.39. The molecule has 0 unspecified atom stereocenters. The molecule has 1 aliphatic heterocycles. The molecule has 4 rings (SSSR count). The minimum Gasteiger partial charge on any atom is -0.361 e. The first-order valence-corrected chi connectivity index (χ1v) is 11.4. The Labute approximate surface area is 171 Å². The van der Waals surface area contributed by atoms with Crippen molar-refractivity contribution < 1.29 is 13.2 Å². The number of amides is 1. The van der Waals surface area contributed by atoms with Crippen molar-refractivity contribution in [2.45, 2.75) is 37.0 Å². The van der Waals surface area contributed by atoms with Gasteiger partial charge in [-0.1, -0.05) is 24.6 Å². The molecule has 6 nitrogen and oxygen atoms in total. The summed E-state index contributed by atoms with van der Waals surface area (Å²) in [7, 11) is -3.45. The molecule has 3 aromatic rings. The molecule has 1 fully saturated rings. The van der Waals surface area contributed by atoms with Gasteiger partial charge in [-0.15, -0.1) is 0 Å². The lowest BCUT2D eigenvalue weighted by molar-refractivity contribution is -0.116. The number of carbonyl (C=O) groups is 1. The van der Waals surface area contributed by atoms with Crippen molar-refractivity contribution in [2.75, 3.05) is 18.4 Å². The number of hydrogen-bond acceptors (Lipinski definition) is 3. The van der Waals surface area contributed by atoms with Gasteiger partial charge in [0.05, 0.1) is 4.90 Å². The Kier molecular flexibility index (Phi) is 5.69. The minimum absolute atomic E-state index is 0.0954. The first-order valence-electron chi connectivity index (χ1n) is 9.99. The number of aromatic amines is 1. The SMILES string of the molecule is O=C(CCc1c[nH]c2ccccc12)Nc1ccc(S(=O)(=O)N2CCCCC2)cc1. The number of anilines is 1. The summed E-state index contributed by atoms with van der Waals surface area (Å²) in [4.78, 5) is 15.8. The number of benzene rings is 2. The van der Waals surface area contributed by atoms with E-state index in [1.54, 1.807) is 28.6 Å². The van der Waals surface area contributed by atoms with E-state index in [1.807, 2.05) is 30.5 Å². The number of rotatable bonds is 6. The Balaban J connectivity index is 1.36. The van der Waals surface area contributed by atoms with E-state index in [1.165, 1.54) is 0 Å². The number of sulfonamides is 1. The Morgan fingerprint density at radius 3 is 2.48 bits per heavy atom. The van der Waals surface area contributed by atoms with Crippen LogP contribution >= 0.6 is 0 Å². The van der Waals surface area contributed by atoms with Crippen LogP contribution in [-0.2, 0) is 21.2 Å². The average Bonchev–Trinajstić information content (AvgIpc) is 3.16. The van der Waals surface area contributed by atoms with Crippen LogP contribution in [0.5, 0.6) is 0 Å². The number of carbonyl (C=O) groups excluding carboxylic acids is 1. The summed E-state index contributed by atoms with van der Waals surface area (Å²) in [6.45, 7) is 1.16. The second-order valence-corrected chi connectivity index (χ2v) is 9.33. The third kappa shape index (κ3) is 4.36. The average molecular weight is 412 g/mol. The zero-order valence-corrected chi connectivity index (χ0v) is 17.0. The van der Waals surface area contributed by atoms with Crippen molar-refractivity contribution in [1.29, 1.82) is 0 Å². The fourth-order valence-electron chi connectivity index (χ4n) is 3.77. The second-order valence-electron chi connectivity index (χ2n) is 7.40. The lowest BCUT2D eigenvalue weighted by Crippen LogP contribution is -2.35. The molecular formula is C22H25N3O3S. The highest BCUT2D eigenvalue weighted by molar-refractivity contribution is 7.89. The van der Waals surface area contributed by atoms with Crippen molar-refractivity contribution in [3.05, 3.63) is 60.3 Å². The molecule has 1 saturated heterocycles. The molecule has 1 aliphatic rings. The highest BCUT2D eigenvalue weighted by Crippen LogP contribution is 2.22. The van der Waals surface area contributed by atoms with E-state index < -0.39 is 10.0 Å². The van der Waals surface area contributed by atoms with E-state index >= 15 is 0 Å². The maximum Gasteiger partial charge on any atom is 0.243 e. The summed E-state index contributed by atoms with van der Waals surface area (Å²) in [6, 6.07) is 14.5. The van der Waals surface area contributed by atoms with Crippen LogP contribution in [0.25, 0.3) is 10.9 Å². The highest BCUT2D eigenvalue weighted by Gasteiger charge is 2.25. The van der Waals surface area contributed by atoms with Gasteiger partial charge in [0, 0.05) is 42.3 Å². The van der Waals surface area contributed by atoms with E-state index in [-0.39, 0.29) is 10.8 Å². The molecule has 0 spiro atoms. The number of nitrogens with one attached hydrogen (secondary N) is 2. The predicted molar refractivity (Wildman–Crippen MR) is 114 cm³/mol. The number of nitrogens with zero attached hydrogens (tertiary/aromatic N) is 1. The molecule has 0 atom stereocenters. The van der Waals surface area contributed by atoms with Gasteiger partial charge in [-0.25, -0.2) is 8.42 Å². The number of aryl methyl sites for hydroxylation is 1. The van der Waals surface area contributed by atoms with Gasteiger partial charge in [-0.3, -0.25) is 4.79 Å². The Hall–Kier alpha value is -2.64. The molecule has 29 heavy (non-hydrogen) atoms. The van der Waals surface area contributed by atoms with Gasteiger partial charge in [-0.05, 0) is 55.2 Å². The minimum atomic E-state index is -3.45. The zero-order chi connectivity index (χ0) is 20.3. The summed E-state index contributed by atoms with van der Waals surface area (Å²) in [6.07, 6.45) is 5.83. The van der Waals surface area contributed by atoms with Gasteiger partial charge in [-0.2, -0.15) is 4.31 Å². The van der Waals surface area contributed by atoms with Gasteiger partial charge in [0.1, 0.15) is 0 Å². The molecular weight excluding hydrogens is 386 g/mol. The van der Waals surface area contributed by atoms with Crippen molar-refractivity contribution in [3.63, 3.8) is 0 Å². The summed E-state index contributed by atoms with van der Waals surface area (Å²) < 4.78 is 26.9. The molecule has 2 heterocycles. The molecule has 7 heteroatoms. The normalized spacial score (nSPS) is 15.4. The van der Waals surface area contributed by atoms with E-state index in [0.717, 1.165) is 35.7 Å². The van der Waals surface area contributed by atoms with Gasteiger partial charge in [0.15, 0.2) is 0 Å². The Bertz CT molecular complexity index is 1100. The summed E-state index contributed by atoms with van der Waals surface area (Å²) in [5.74, 6) is -0.0954. The van der Waals surface area contributed by atoms with Gasteiger partial charge in [0.2, 0.25) is 15.9 Å². The van der Waals surface area contributed by atoms with Crippen LogP contribution in [0, 0.1) is 0 Å². The third-order valence-corrected chi connectivity index (χ3v) is 7.30. The van der Waals surface area contributed by atoms with Gasteiger partial charge >= 0.3 is 0 Å². The van der Waals surface area contributed by atoms with Crippen LogP contribution in [0.2, 0.25) is 0 Å². The van der Waals surface area contributed by atoms with E-state index in [9.17, 15) is 13.2 Å². The number of piperidine rings is 1. The van der Waals surface area contributed by atoms with Crippen molar-refractivity contribution in [3.8, 4) is 0 Å². The maximum atomic E-state index is 12.7. The van der Waals surface area contributed by atoms with E-state index in [0.29, 0.717) is 31.6 Å². The first kappa shape index (κ1) is 19.7. The fraction of sp³-hybridized carbons (Fsp3) is 0.318. The summed E-state index contributed by atoms with van der Waals surface area (Å²) in [5.41, 5.74) is 2.78. The molecule has 0 bridgehead atoms. The van der Waals surface area contributed by atoms with Crippen LogP contribution < -0.4 is 5.32 Å². The Morgan fingerprint density at radius 1 is 1.00 bits per heavy atom. The zero-order valence-electron chi connectivity index (χ0n) is 16.2. The summed E-state index contributed by atoms with van der Waals surface area (Å²) in [5, 5.41) is 3.99. The standard InChI is InChI=1S/C22H25N3O3S/c26-22(13-8-17-16-23-21-7-3-2-6-20(17)21)24-18-9-11-19(12-10-18)29(27,28)25-14-4-1-5-15-25/h2-3,6-7,9-12,16,23H,1,4-5,8,13-15H2,(H,24,26). The van der Waals surface area contributed by atoms with Crippen LogP contribution in [-0.4, -0.2) is 36.7 Å². The van der Waals surface area contributed by atoms with Crippen LogP contribution in [0.1, 0.15) is 31.2 Å². The summed E-state index contributed by atoms with van der Waals surface area (Å²) >= 11 is 0. The topological polar surface area (TPSA) is 82.3 Å². The number of para-hydroxylation sites is 1. The van der Waals surface area contributed by atoms with Crippen LogP contribution in [0.3, 0.4) is 0 Å². The molecule has 0 saturated carbocycles. The van der Waals surface area contributed by atoms with Gasteiger partial charge < -0.3 is 10.3 Å². The van der Waals surface area contributed by atoms with Crippen molar-refractivity contribution in [2.24, 2.45) is 0 Å². The van der Waals surface area contributed by atoms with Gasteiger partial charge in [0.25, 0.3) is 0 Å². The molecule has 2 aromatic carbocycles. The highest BCUT2D eigenvalue weighted by atomic mass is 32.2. The number of H-pyrrole nitrogens is 1. The second kappa shape index (κ2) is 8.39. The van der Waals surface area contributed by atoms with Crippen LogP contribution in [0.15, 0.2) is 59.6 Å². The van der Waals surface area contributed by atoms with Crippen molar-refractivity contribution >= 4 is 32.5 Å². The Morgan fingerprint density at radius 2 is 1.72 bits per heavy atom. The maximum absolute atomic E-state index is 12.7. The lowest BCUT2D eigenvalue weighted by Gasteiger charge is -2.25. The molecule has 2 N–H and O–H groups in total. The molecule has 1 amide bonds. The molecule has 152 valence electrons. The quantitative estimate of drug-likeness (QED) is 0.645. The predicted octanol–water partition coefficient (Wildman–Crippen LogP) is 3.91. The number of fused-ring (bicyclic) bond motifs is 1. The van der Waals surface area contributed by atoms with E-state index in [4.69, 9.17) is 0 Å². The number of aromatic nitrogens is 1. The fourth-order valence-corrected chi connectivity index (χ4v) is 5.29. The van der Waals surface area contributed by atoms with E-state index in [2.05, 4.69) is 10.3 Å². The molecule has 0 radical (unpaired) electrons.